The molecule has 0 fully saturated rings. The van der Waals surface area contributed by atoms with Gasteiger partial charge in [0.1, 0.15) is 0 Å². The van der Waals surface area contributed by atoms with E-state index in [1.165, 1.54) is 0 Å². The summed E-state index contributed by atoms with van der Waals surface area (Å²) in [5.74, 6) is -0.397. The van der Waals surface area contributed by atoms with E-state index in [-0.39, 0.29) is 0 Å². The molecule has 0 saturated carbocycles. The van der Waals surface area contributed by atoms with Crippen LogP contribution in [0.2, 0.25) is 0 Å². The summed E-state index contributed by atoms with van der Waals surface area (Å²) in [6, 6.07) is 18.6. The van der Waals surface area contributed by atoms with Gasteiger partial charge in [0.2, 0.25) is 5.91 Å². The summed E-state index contributed by atoms with van der Waals surface area (Å²) in [7, 11) is 0. The lowest BCUT2D eigenvalue weighted by Gasteiger charge is -2.07. The summed E-state index contributed by atoms with van der Waals surface area (Å²) in [5.41, 5.74) is 6.07. The van der Waals surface area contributed by atoms with E-state index in [4.69, 9.17) is 5.73 Å². The third-order valence-electron chi connectivity index (χ3n) is 2.91. The second kappa shape index (κ2) is 3.59. The van der Waals surface area contributed by atoms with Gasteiger partial charge in [0.15, 0.2) is 0 Å². The molecule has 0 aliphatic heterocycles. The smallest absolute Gasteiger partial charge is 0.249 e. The number of rotatable bonds is 1. The molecule has 3 aromatic carbocycles. The zero-order valence-electron chi connectivity index (χ0n) is 9.10. The van der Waals surface area contributed by atoms with Crippen LogP contribution in [0, 0.1) is 6.07 Å². The topological polar surface area (TPSA) is 43.1 Å². The minimum absolute atomic E-state index is 0.397. The summed E-state index contributed by atoms with van der Waals surface area (Å²) in [4.78, 5) is 11.6. The average molecular weight is 220 g/mol. The summed E-state index contributed by atoms with van der Waals surface area (Å²) in [6.45, 7) is 0. The zero-order valence-corrected chi connectivity index (χ0v) is 9.10. The van der Waals surface area contributed by atoms with Gasteiger partial charge in [0, 0.05) is 0 Å². The van der Waals surface area contributed by atoms with E-state index in [9.17, 15) is 4.79 Å². The summed E-state index contributed by atoms with van der Waals surface area (Å²) in [6.07, 6.45) is 0. The minimum atomic E-state index is -0.397. The quantitative estimate of drug-likeness (QED) is 0.629. The van der Waals surface area contributed by atoms with Crippen LogP contribution in [0.25, 0.3) is 21.5 Å². The van der Waals surface area contributed by atoms with Crippen LogP contribution in [0.4, 0.5) is 0 Å². The molecule has 2 nitrogen and oxygen atoms in total. The van der Waals surface area contributed by atoms with Crippen molar-refractivity contribution in [1.29, 1.82) is 0 Å². The number of amides is 1. The third kappa shape index (κ3) is 1.46. The molecule has 0 heterocycles. The van der Waals surface area contributed by atoms with Crippen LogP contribution in [-0.2, 0) is 0 Å². The van der Waals surface area contributed by atoms with E-state index >= 15 is 0 Å². The molecule has 3 rings (SSSR count). The first-order chi connectivity index (χ1) is 8.27. The number of nitrogens with two attached hydrogens (primary N) is 1. The van der Waals surface area contributed by atoms with Gasteiger partial charge in [-0.1, -0.05) is 48.5 Å². The van der Waals surface area contributed by atoms with Crippen LogP contribution in [0.1, 0.15) is 10.4 Å². The van der Waals surface area contributed by atoms with Crippen molar-refractivity contribution in [2.45, 2.75) is 0 Å². The highest BCUT2D eigenvalue weighted by molar-refractivity contribution is 6.17. The first-order valence-corrected chi connectivity index (χ1v) is 5.40. The van der Waals surface area contributed by atoms with Gasteiger partial charge in [-0.15, -0.1) is 0 Å². The van der Waals surface area contributed by atoms with Crippen LogP contribution >= 0.6 is 0 Å². The van der Waals surface area contributed by atoms with Gasteiger partial charge in [-0.25, -0.2) is 0 Å². The third-order valence-corrected chi connectivity index (χ3v) is 2.91. The Kier molecular flexibility index (Phi) is 2.08. The largest absolute Gasteiger partial charge is 0.366 e. The SMILES string of the molecule is NC(=O)c1c2ccccc2[c]c2ccccc12. The van der Waals surface area contributed by atoms with Gasteiger partial charge in [-0.3, -0.25) is 4.79 Å². The van der Waals surface area contributed by atoms with Gasteiger partial charge in [-0.2, -0.15) is 0 Å². The molecule has 0 spiro atoms. The van der Waals surface area contributed by atoms with Crippen LogP contribution in [0.15, 0.2) is 48.5 Å². The number of hydrogen-bond acceptors (Lipinski definition) is 1. The summed E-state index contributed by atoms with van der Waals surface area (Å²) < 4.78 is 0. The van der Waals surface area contributed by atoms with Crippen molar-refractivity contribution in [3.05, 3.63) is 60.2 Å². The Morgan fingerprint density at radius 1 is 0.882 bits per heavy atom. The van der Waals surface area contributed by atoms with E-state index in [0.29, 0.717) is 5.56 Å². The van der Waals surface area contributed by atoms with Gasteiger partial charge in [0.25, 0.3) is 0 Å². The highest BCUT2D eigenvalue weighted by Gasteiger charge is 2.11. The summed E-state index contributed by atoms with van der Waals surface area (Å²) in [5, 5.41) is 3.55. The van der Waals surface area contributed by atoms with Gasteiger partial charge in [-0.05, 0) is 27.6 Å². The van der Waals surface area contributed by atoms with E-state index in [1.807, 2.05) is 48.5 Å². The first-order valence-electron chi connectivity index (χ1n) is 5.40. The fraction of sp³-hybridized carbons (Fsp3) is 0. The molecule has 2 heteroatoms. The Labute approximate surface area is 98.7 Å². The van der Waals surface area contributed by atoms with Gasteiger partial charge in [0.05, 0.1) is 5.56 Å². The molecular weight excluding hydrogens is 210 g/mol. The number of primary amides is 1. The fourth-order valence-electron chi connectivity index (χ4n) is 2.18. The molecule has 0 aliphatic rings. The lowest BCUT2D eigenvalue weighted by molar-refractivity contribution is 0.100. The molecule has 0 atom stereocenters. The molecule has 0 bridgehead atoms. The Hall–Kier alpha value is -2.35. The van der Waals surface area contributed by atoms with E-state index in [1.54, 1.807) is 0 Å². The molecule has 81 valence electrons. The van der Waals surface area contributed by atoms with Crippen molar-refractivity contribution in [1.82, 2.24) is 0 Å². The maximum Gasteiger partial charge on any atom is 0.249 e. The second-order valence-electron chi connectivity index (χ2n) is 3.96. The molecule has 2 N–H and O–H groups in total. The second-order valence-corrected chi connectivity index (χ2v) is 3.96. The van der Waals surface area contributed by atoms with Crippen LogP contribution in [0.5, 0.6) is 0 Å². The molecule has 0 aliphatic carbocycles. The first kappa shape index (κ1) is 9.85. The Balaban J connectivity index is 2.61. The molecule has 3 aromatic rings. The van der Waals surface area contributed by atoms with Crippen molar-refractivity contribution in [2.24, 2.45) is 5.73 Å². The molecule has 0 saturated heterocycles. The average Bonchev–Trinajstić information content (AvgIpc) is 2.35. The molecular formula is C15H10NO. The van der Waals surface area contributed by atoms with E-state index in [2.05, 4.69) is 6.07 Å². The monoisotopic (exact) mass is 220 g/mol. The van der Waals surface area contributed by atoms with Gasteiger partial charge < -0.3 is 5.73 Å². The lowest BCUT2D eigenvalue weighted by Crippen LogP contribution is -2.12. The maximum atomic E-state index is 11.6. The Morgan fingerprint density at radius 3 is 1.82 bits per heavy atom. The van der Waals surface area contributed by atoms with Crippen molar-refractivity contribution < 1.29 is 4.79 Å². The number of benzene rings is 3. The normalized spacial score (nSPS) is 10.8. The van der Waals surface area contributed by atoms with Gasteiger partial charge >= 0.3 is 0 Å². The Morgan fingerprint density at radius 2 is 1.35 bits per heavy atom. The lowest BCUT2D eigenvalue weighted by atomic mass is 9.96. The van der Waals surface area contributed by atoms with Crippen molar-refractivity contribution in [2.75, 3.05) is 0 Å². The molecule has 1 radical (unpaired) electrons. The van der Waals surface area contributed by atoms with E-state index in [0.717, 1.165) is 21.5 Å². The number of hydrogen-bond donors (Lipinski definition) is 1. The number of carbonyl (C=O) groups excluding carboxylic acids is 1. The molecule has 1 amide bonds. The molecule has 0 unspecified atom stereocenters. The van der Waals surface area contributed by atoms with Crippen LogP contribution in [0.3, 0.4) is 0 Å². The summed E-state index contributed by atoms with van der Waals surface area (Å²) >= 11 is 0. The predicted molar refractivity (Wildman–Crippen MR) is 68.8 cm³/mol. The standard InChI is InChI=1S/C15H10NO/c16-15(17)14-12-7-3-1-5-10(12)9-11-6-2-4-8-13(11)14/h1-8H,(H2,16,17). The maximum absolute atomic E-state index is 11.6. The van der Waals surface area contributed by atoms with Crippen LogP contribution in [-0.4, -0.2) is 5.91 Å². The van der Waals surface area contributed by atoms with Crippen molar-refractivity contribution >= 4 is 27.5 Å². The number of fused-ring (bicyclic) bond motifs is 2. The molecule has 0 aromatic heterocycles. The minimum Gasteiger partial charge on any atom is -0.366 e. The van der Waals surface area contributed by atoms with E-state index < -0.39 is 5.91 Å². The number of carbonyl (C=O) groups is 1. The van der Waals surface area contributed by atoms with Crippen LogP contribution < -0.4 is 5.73 Å². The highest BCUT2D eigenvalue weighted by Crippen LogP contribution is 2.27. The highest BCUT2D eigenvalue weighted by atomic mass is 16.1. The Bertz CT molecular complexity index is 677. The fourth-order valence-corrected chi connectivity index (χ4v) is 2.18. The zero-order chi connectivity index (χ0) is 11.8. The predicted octanol–water partition coefficient (Wildman–Crippen LogP) is 2.89. The van der Waals surface area contributed by atoms with Crippen molar-refractivity contribution in [3.63, 3.8) is 0 Å². The van der Waals surface area contributed by atoms with Crippen molar-refractivity contribution in [3.8, 4) is 0 Å². The molecule has 17 heavy (non-hydrogen) atoms.